The highest BCUT2D eigenvalue weighted by Crippen LogP contribution is 2.36. The van der Waals surface area contributed by atoms with Crippen LogP contribution in [-0.4, -0.2) is 30.2 Å². The summed E-state index contributed by atoms with van der Waals surface area (Å²) in [6.07, 6.45) is 0.386. The van der Waals surface area contributed by atoms with E-state index >= 15 is 0 Å². The number of anilines is 3. The van der Waals surface area contributed by atoms with E-state index in [9.17, 15) is 5.11 Å². The molecule has 118 valence electrons. The second kappa shape index (κ2) is 6.97. The van der Waals surface area contributed by atoms with Gasteiger partial charge >= 0.3 is 0 Å². The van der Waals surface area contributed by atoms with Crippen LogP contribution in [0.3, 0.4) is 0 Å². The van der Waals surface area contributed by atoms with E-state index in [1.54, 1.807) is 44.3 Å². The first kappa shape index (κ1) is 15.9. The monoisotopic (exact) mass is 304 g/mol. The minimum atomic E-state index is -1.15. The molecule has 1 atom stereocenters. The van der Waals surface area contributed by atoms with Crippen molar-refractivity contribution < 1.29 is 14.6 Å². The van der Waals surface area contributed by atoms with Gasteiger partial charge in [0.15, 0.2) is 11.6 Å². The third kappa shape index (κ3) is 3.57. The summed E-state index contributed by atoms with van der Waals surface area (Å²) in [6, 6.07) is 8.62. The Bertz CT molecular complexity index is 619. The fraction of sp³-hybridized carbons (Fsp3) is 0.267. The molecule has 0 bridgehead atoms. The summed E-state index contributed by atoms with van der Waals surface area (Å²) in [7, 11) is 1.64. The van der Waals surface area contributed by atoms with E-state index in [4.69, 9.17) is 20.9 Å². The predicted octanol–water partition coefficient (Wildman–Crippen LogP) is 1.79. The van der Waals surface area contributed by atoms with Gasteiger partial charge in [0.2, 0.25) is 6.41 Å². The van der Waals surface area contributed by atoms with Gasteiger partial charge < -0.3 is 30.9 Å². The van der Waals surface area contributed by atoms with Crippen molar-refractivity contribution in [1.82, 2.24) is 4.98 Å². The summed E-state index contributed by atoms with van der Waals surface area (Å²) in [5.74, 6) is 1.29. The van der Waals surface area contributed by atoms with E-state index in [-0.39, 0.29) is 5.82 Å². The Balaban J connectivity index is 2.31. The van der Waals surface area contributed by atoms with Gasteiger partial charge in [-0.2, -0.15) is 0 Å². The Morgan fingerprint density at radius 1 is 1.23 bits per heavy atom. The van der Waals surface area contributed by atoms with Gasteiger partial charge in [-0.15, -0.1) is 0 Å². The average Bonchev–Trinajstić information content (AvgIpc) is 2.49. The maximum atomic E-state index is 9.97. The average molecular weight is 304 g/mol. The first-order valence-electron chi connectivity index (χ1n) is 6.83. The zero-order valence-electron chi connectivity index (χ0n) is 12.6. The van der Waals surface area contributed by atoms with Crippen LogP contribution in [0.2, 0.25) is 0 Å². The lowest BCUT2D eigenvalue weighted by atomic mass is 10.3. The molecule has 0 fully saturated rings. The number of nitrogen functional groups attached to an aromatic ring is 2. The summed E-state index contributed by atoms with van der Waals surface area (Å²) in [5.41, 5.74) is 12.7. The molecule has 1 aromatic carbocycles. The number of hydrogen-bond acceptors (Lipinski definition) is 7. The number of aliphatic hydroxyl groups excluding tert-OH is 1. The highest BCUT2D eigenvalue weighted by molar-refractivity contribution is 5.71. The van der Waals surface area contributed by atoms with Crippen molar-refractivity contribution >= 4 is 17.2 Å². The molecule has 0 aliphatic rings. The molecule has 22 heavy (non-hydrogen) atoms. The van der Waals surface area contributed by atoms with Gasteiger partial charge in [-0.1, -0.05) is 0 Å². The molecule has 1 heterocycles. The largest absolute Gasteiger partial charge is 0.455 e. The molecule has 1 aromatic heterocycles. The van der Waals surface area contributed by atoms with Crippen molar-refractivity contribution in [3.63, 3.8) is 0 Å². The lowest BCUT2D eigenvalue weighted by Crippen LogP contribution is -2.34. The first-order chi connectivity index (χ1) is 10.5. The second-order valence-corrected chi connectivity index (χ2v) is 4.61. The molecule has 0 aliphatic heterocycles. The molecule has 0 saturated carbocycles. The molecule has 7 heteroatoms. The SMILES string of the molecule is CCOC(O)N(C)c1c(Oc2ccc(N)cc2)ccnc1N. The Labute approximate surface area is 129 Å². The van der Waals surface area contributed by atoms with Crippen molar-refractivity contribution in [2.24, 2.45) is 0 Å². The van der Waals surface area contributed by atoms with Crippen LogP contribution in [0.15, 0.2) is 36.5 Å². The zero-order valence-corrected chi connectivity index (χ0v) is 12.6. The standard InChI is InChI=1S/C15H20N4O3/c1-3-21-15(20)19(2)13-12(8-9-18-14(13)17)22-11-6-4-10(16)5-7-11/h4-9,15,20H,3,16H2,1-2H3,(H2,17,18). The van der Waals surface area contributed by atoms with Crippen LogP contribution in [0.4, 0.5) is 17.2 Å². The van der Waals surface area contributed by atoms with Crippen LogP contribution >= 0.6 is 0 Å². The number of nitrogens with zero attached hydrogens (tertiary/aromatic N) is 2. The Hall–Kier alpha value is -2.51. The van der Waals surface area contributed by atoms with Gasteiger partial charge in [-0.05, 0) is 31.2 Å². The Kier molecular flexibility index (Phi) is 5.03. The summed E-state index contributed by atoms with van der Waals surface area (Å²) in [6.45, 7) is 2.15. The molecule has 1 unspecified atom stereocenters. The second-order valence-electron chi connectivity index (χ2n) is 4.61. The molecule has 0 aliphatic carbocycles. The van der Waals surface area contributed by atoms with Crippen LogP contribution in [0.25, 0.3) is 0 Å². The van der Waals surface area contributed by atoms with Gasteiger partial charge in [-0.3, -0.25) is 0 Å². The third-order valence-corrected chi connectivity index (χ3v) is 3.02. The predicted molar refractivity (Wildman–Crippen MR) is 85.6 cm³/mol. The highest BCUT2D eigenvalue weighted by atomic mass is 16.6. The summed E-state index contributed by atoms with van der Waals surface area (Å²) in [4.78, 5) is 5.49. The summed E-state index contributed by atoms with van der Waals surface area (Å²) >= 11 is 0. The number of nitrogens with two attached hydrogens (primary N) is 2. The van der Waals surface area contributed by atoms with Gasteiger partial charge in [0.05, 0.1) is 0 Å². The lowest BCUT2D eigenvalue weighted by Gasteiger charge is -2.27. The number of ether oxygens (including phenoxy) is 2. The van der Waals surface area contributed by atoms with Crippen LogP contribution in [0.5, 0.6) is 11.5 Å². The van der Waals surface area contributed by atoms with Gasteiger partial charge in [0.25, 0.3) is 0 Å². The van der Waals surface area contributed by atoms with Crippen LogP contribution in [0, 0.1) is 0 Å². The third-order valence-electron chi connectivity index (χ3n) is 3.02. The zero-order chi connectivity index (χ0) is 16.1. The topological polar surface area (TPSA) is 107 Å². The molecule has 5 N–H and O–H groups in total. The quantitative estimate of drug-likeness (QED) is 0.551. The Morgan fingerprint density at radius 3 is 2.55 bits per heavy atom. The minimum absolute atomic E-state index is 0.231. The van der Waals surface area contributed by atoms with Crippen molar-refractivity contribution in [1.29, 1.82) is 0 Å². The van der Waals surface area contributed by atoms with E-state index in [0.29, 0.717) is 29.5 Å². The minimum Gasteiger partial charge on any atom is -0.455 e. The Morgan fingerprint density at radius 2 is 1.91 bits per heavy atom. The van der Waals surface area contributed by atoms with Gasteiger partial charge in [-0.25, -0.2) is 4.98 Å². The summed E-state index contributed by atoms with van der Waals surface area (Å²) in [5, 5.41) is 9.97. The number of hydrogen-bond donors (Lipinski definition) is 3. The van der Waals surface area contributed by atoms with E-state index in [0.717, 1.165) is 0 Å². The molecular weight excluding hydrogens is 284 g/mol. The van der Waals surface area contributed by atoms with Crippen molar-refractivity contribution in [3.05, 3.63) is 36.5 Å². The fourth-order valence-corrected chi connectivity index (χ4v) is 1.92. The number of aliphatic hydroxyl groups is 1. The van der Waals surface area contributed by atoms with Crippen molar-refractivity contribution in [2.75, 3.05) is 30.0 Å². The molecule has 2 rings (SSSR count). The number of aromatic nitrogens is 1. The highest BCUT2D eigenvalue weighted by Gasteiger charge is 2.20. The van der Waals surface area contributed by atoms with Crippen LogP contribution < -0.4 is 21.1 Å². The maximum Gasteiger partial charge on any atom is 0.237 e. The lowest BCUT2D eigenvalue weighted by molar-refractivity contribution is -0.0917. The van der Waals surface area contributed by atoms with Gasteiger partial charge in [0.1, 0.15) is 11.4 Å². The maximum absolute atomic E-state index is 9.97. The fourth-order valence-electron chi connectivity index (χ4n) is 1.92. The van der Waals surface area contributed by atoms with Crippen molar-refractivity contribution in [3.8, 4) is 11.5 Å². The normalized spacial score (nSPS) is 12.0. The molecule has 2 aromatic rings. The molecule has 0 amide bonds. The molecule has 0 radical (unpaired) electrons. The molecule has 0 saturated heterocycles. The molecular formula is C15H20N4O3. The van der Waals surface area contributed by atoms with Crippen molar-refractivity contribution in [2.45, 2.75) is 13.3 Å². The summed E-state index contributed by atoms with van der Waals surface area (Å²) < 4.78 is 11.0. The number of benzene rings is 1. The number of rotatable bonds is 6. The molecule has 0 spiro atoms. The van der Waals surface area contributed by atoms with Gasteiger partial charge in [0, 0.05) is 31.6 Å². The number of pyridine rings is 1. The van der Waals surface area contributed by atoms with E-state index in [2.05, 4.69) is 4.98 Å². The van der Waals surface area contributed by atoms with Crippen LogP contribution in [0.1, 0.15) is 6.92 Å². The molecule has 7 nitrogen and oxygen atoms in total. The van der Waals surface area contributed by atoms with Crippen LogP contribution in [-0.2, 0) is 4.74 Å². The smallest absolute Gasteiger partial charge is 0.237 e. The van der Waals surface area contributed by atoms with E-state index < -0.39 is 6.41 Å². The van der Waals surface area contributed by atoms with E-state index in [1.165, 1.54) is 11.1 Å². The first-order valence-corrected chi connectivity index (χ1v) is 6.83. The van der Waals surface area contributed by atoms with E-state index in [1.807, 2.05) is 0 Å².